The van der Waals surface area contributed by atoms with Gasteiger partial charge < -0.3 is 19.2 Å². The number of aromatic nitrogens is 2. The zero-order valence-corrected chi connectivity index (χ0v) is 20.7. The summed E-state index contributed by atoms with van der Waals surface area (Å²) in [7, 11) is -3.32. The van der Waals surface area contributed by atoms with Crippen molar-refractivity contribution in [3.63, 3.8) is 0 Å². The number of nitrogens with zero attached hydrogens (tertiary/aromatic N) is 2. The van der Waals surface area contributed by atoms with Gasteiger partial charge in [-0.25, -0.2) is 13.4 Å². The van der Waals surface area contributed by atoms with Crippen molar-refractivity contribution < 1.29 is 22.6 Å². The van der Waals surface area contributed by atoms with Gasteiger partial charge in [-0.1, -0.05) is 18.7 Å². The molecule has 5 rings (SSSR count). The maximum absolute atomic E-state index is 11.7. The Labute approximate surface area is 203 Å². The van der Waals surface area contributed by atoms with E-state index in [1.54, 1.807) is 17.8 Å². The molecule has 0 saturated carbocycles. The van der Waals surface area contributed by atoms with E-state index >= 15 is 0 Å². The number of ether oxygens (including phenoxy) is 3. The zero-order chi connectivity index (χ0) is 23.7. The fourth-order valence-electron chi connectivity index (χ4n) is 3.97. The summed E-state index contributed by atoms with van der Waals surface area (Å²) < 4.78 is 41.3. The minimum atomic E-state index is -3.32. The molecule has 1 N–H and O–H groups in total. The van der Waals surface area contributed by atoms with Crippen LogP contribution in [0.2, 0.25) is 0 Å². The first-order valence-electron chi connectivity index (χ1n) is 11.4. The number of rotatable bonds is 7. The number of H-pyrrole nitrogens is 1. The van der Waals surface area contributed by atoms with Crippen LogP contribution in [0.4, 0.5) is 0 Å². The lowest BCUT2D eigenvalue weighted by Gasteiger charge is -2.23. The molecule has 180 valence electrons. The minimum absolute atomic E-state index is 0.0637. The molecule has 2 aliphatic rings. The molecule has 1 atom stereocenters. The first-order chi connectivity index (χ1) is 16.4. The lowest BCUT2D eigenvalue weighted by molar-refractivity contribution is 0.0260. The molecule has 0 radical (unpaired) electrons. The molecule has 0 bridgehead atoms. The van der Waals surface area contributed by atoms with Crippen LogP contribution in [0.5, 0.6) is 17.4 Å². The van der Waals surface area contributed by atoms with Crippen molar-refractivity contribution in [2.45, 2.75) is 42.4 Å². The Kier molecular flexibility index (Phi) is 6.54. The van der Waals surface area contributed by atoms with Gasteiger partial charge in [-0.05, 0) is 24.6 Å². The second kappa shape index (κ2) is 9.59. The molecule has 0 aliphatic carbocycles. The number of pyridine rings is 1. The minimum Gasteiger partial charge on any atom is -0.488 e. The monoisotopic (exact) mass is 501 g/mol. The second-order valence-corrected chi connectivity index (χ2v) is 11.8. The number of nitrogens with one attached hydrogen (secondary N) is 1. The van der Waals surface area contributed by atoms with E-state index in [9.17, 15) is 8.42 Å². The van der Waals surface area contributed by atoms with Crippen LogP contribution in [0, 0.1) is 0 Å². The number of aromatic amines is 1. The van der Waals surface area contributed by atoms with Crippen molar-refractivity contribution in [3.05, 3.63) is 42.2 Å². The highest BCUT2D eigenvalue weighted by molar-refractivity contribution is 8.15. The molecule has 34 heavy (non-hydrogen) atoms. The Morgan fingerprint density at radius 3 is 2.71 bits per heavy atom. The van der Waals surface area contributed by atoms with Crippen molar-refractivity contribution in [1.82, 2.24) is 9.97 Å². The molecule has 1 aromatic carbocycles. The van der Waals surface area contributed by atoms with Crippen LogP contribution in [0.15, 0.2) is 46.4 Å². The van der Waals surface area contributed by atoms with E-state index in [0.717, 1.165) is 53.7 Å². The summed E-state index contributed by atoms with van der Waals surface area (Å²) in [5.41, 5.74) is 1.87. The number of aliphatic imine (C=N–C) groups is 1. The molecule has 10 heteroatoms. The summed E-state index contributed by atoms with van der Waals surface area (Å²) in [6, 6.07) is 8.89. The average molecular weight is 502 g/mol. The lowest BCUT2D eigenvalue weighted by Crippen LogP contribution is -2.25. The number of fused-ring (bicyclic) bond motifs is 1. The fraction of sp³-hybridized carbons (Fsp3) is 0.417. The van der Waals surface area contributed by atoms with Gasteiger partial charge in [-0.2, -0.15) is 0 Å². The van der Waals surface area contributed by atoms with E-state index in [4.69, 9.17) is 19.2 Å². The van der Waals surface area contributed by atoms with Gasteiger partial charge >= 0.3 is 0 Å². The third kappa shape index (κ3) is 5.08. The van der Waals surface area contributed by atoms with E-state index in [1.165, 1.54) is 12.3 Å². The van der Waals surface area contributed by atoms with Gasteiger partial charge in [0, 0.05) is 48.1 Å². The van der Waals surface area contributed by atoms with Crippen LogP contribution in [-0.4, -0.2) is 60.8 Å². The van der Waals surface area contributed by atoms with Gasteiger partial charge in [0.25, 0.3) is 0 Å². The van der Waals surface area contributed by atoms with Crippen LogP contribution < -0.4 is 9.47 Å². The Bertz CT molecular complexity index is 1310. The topological polar surface area (TPSA) is 103 Å². The van der Waals surface area contributed by atoms with Crippen LogP contribution in [-0.2, 0) is 14.6 Å². The molecule has 0 amide bonds. The van der Waals surface area contributed by atoms with Gasteiger partial charge in [0.2, 0.25) is 5.88 Å². The van der Waals surface area contributed by atoms with Gasteiger partial charge in [-0.15, -0.1) is 0 Å². The number of thioether (sulfide) groups is 1. The molecule has 8 nitrogen and oxygen atoms in total. The van der Waals surface area contributed by atoms with Crippen LogP contribution in [0.1, 0.15) is 31.9 Å². The highest BCUT2D eigenvalue weighted by atomic mass is 32.2. The second-order valence-electron chi connectivity index (χ2n) is 8.50. The maximum Gasteiger partial charge on any atom is 0.219 e. The number of hydrogen-bond acceptors (Lipinski definition) is 8. The largest absolute Gasteiger partial charge is 0.488 e. The SMILES string of the molecule is CCC1CN=C(c2cc3cc(Oc4ccc(S(C)(=O)=O)cn4)cc(OC4CCOCC4)c3[nH]2)S1. The van der Waals surface area contributed by atoms with Gasteiger partial charge in [-0.3, -0.25) is 4.99 Å². The Hall–Kier alpha value is -2.56. The third-order valence-corrected chi connectivity index (χ3v) is 8.38. The molecule has 1 fully saturated rings. The molecule has 2 aromatic heterocycles. The summed E-state index contributed by atoms with van der Waals surface area (Å²) in [4.78, 5) is 12.5. The first-order valence-corrected chi connectivity index (χ1v) is 14.1. The molecule has 1 unspecified atom stereocenters. The maximum atomic E-state index is 11.7. The predicted molar refractivity (Wildman–Crippen MR) is 133 cm³/mol. The Morgan fingerprint density at radius 1 is 1.21 bits per heavy atom. The van der Waals surface area contributed by atoms with Crippen LogP contribution in [0.25, 0.3) is 10.9 Å². The molecular formula is C24H27N3O5S2. The van der Waals surface area contributed by atoms with Gasteiger partial charge in [0.1, 0.15) is 22.6 Å². The molecule has 0 spiro atoms. The van der Waals surface area contributed by atoms with Crippen molar-refractivity contribution in [1.29, 1.82) is 0 Å². The molecule has 3 aromatic rings. The van der Waals surface area contributed by atoms with Gasteiger partial charge in [0.15, 0.2) is 9.84 Å². The lowest BCUT2D eigenvalue weighted by atomic mass is 10.1. The van der Waals surface area contributed by atoms with Crippen molar-refractivity contribution in [2.24, 2.45) is 4.99 Å². The van der Waals surface area contributed by atoms with Crippen LogP contribution in [0.3, 0.4) is 0 Å². The number of sulfone groups is 1. The van der Waals surface area contributed by atoms with Gasteiger partial charge in [0.05, 0.1) is 35.9 Å². The predicted octanol–water partition coefficient (Wildman–Crippen LogP) is 4.59. The normalized spacial score (nSPS) is 19.4. The number of hydrogen-bond donors (Lipinski definition) is 1. The molecule has 1 saturated heterocycles. The fourth-order valence-corrected chi connectivity index (χ4v) is 5.55. The van der Waals surface area contributed by atoms with E-state index in [0.29, 0.717) is 35.8 Å². The van der Waals surface area contributed by atoms with Crippen molar-refractivity contribution in [3.8, 4) is 17.4 Å². The average Bonchev–Trinajstić information content (AvgIpc) is 3.47. The van der Waals surface area contributed by atoms with E-state index in [-0.39, 0.29) is 11.0 Å². The Morgan fingerprint density at radius 2 is 2.03 bits per heavy atom. The first kappa shape index (κ1) is 23.2. The molecule has 2 aliphatic heterocycles. The molecular weight excluding hydrogens is 474 g/mol. The highest BCUT2D eigenvalue weighted by Crippen LogP contribution is 2.37. The van der Waals surface area contributed by atoms with E-state index in [1.807, 2.05) is 12.1 Å². The quantitative estimate of drug-likeness (QED) is 0.505. The summed E-state index contributed by atoms with van der Waals surface area (Å²) in [5.74, 6) is 1.57. The Balaban J connectivity index is 1.47. The highest BCUT2D eigenvalue weighted by Gasteiger charge is 2.23. The van der Waals surface area contributed by atoms with E-state index < -0.39 is 9.84 Å². The summed E-state index contributed by atoms with van der Waals surface area (Å²) >= 11 is 1.80. The summed E-state index contributed by atoms with van der Waals surface area (Å²) in [6.07, 6.45) is 5.26. The van der Waals surface area contributed by atoms with E-state index in [2.05, 4.69) is 23.0 Å². The summed E-state index contributed by atoms with van der Waals surface area (Å²) in [5, 5.41) is 2.48. The summed E-state index contributed by atoms with van der Waals surface area (Å²) in [6.45, 7) is 4.38. The smallest absolute Gasteiger partial charge is 0.219 e. The van der Waals surface area contributed by atoms with Crippen LogP contribution >= 0.6 is 11.8 Å². The van der Waals surface area contributed by atoms with Crippen molar-refractivity contribution in [2.75, 3.05) is 26.0 Å². The standard InChI is InChI=1S/C24H27N3O5S2/c1-3-18-13-26-24(33-18)20-11-15-10-17(32-22-5-4-19(14-25-22)34(2,28)29)12-21(23(15)27-20)31-16-6-8-30-9-7-16/h4-5,10-12,14,16,18,27H,3,6-9,13H2,1-2H3. The zero-order valence-electron chi connectivity index (χ0n) is 19.1. The third-order valence-electron chi connectivity index (χ3n) is 5.89. The van der Waals surface area contributed by atoms with Crippen molar-refractivity contribution >= 4 is 37.5 Å². The number of benzene rings is 1. The molecule has 4 heterocycles.